The van der Waals surface area contributed by atoms with E-state index in [0.29, 0.717) is 5.69 Å². The van der Waals surface area contributed by atoms with Crippen molar-refractivity contribution in [2.45, 2.75) is 24.8 Å². The first-order chi connectivity index (χ1) is 11.6. The van der Waals surface area contributed by atoms with Gasteiger partial charge in [0.2, 0.25) is 10.0 Å². The Morgan fingerprint density at radius 3 is 2.60 bits per heavy atom. The molecule has 0 radical (unpaired) electrons. The van der Waals surface area contributed by atoms with Crippen LogP contribution in [0.25, 0.3) is 0 Å². The lowest BCUT2D eigenvalue weighted by Gasteiger charge is -2.13. The molecule has 0 saturated carbocycles. The predicted octanol–water partition coefficient (Wildman–Crippen LogP) is 0.560. The molecule has 9 nitrogen and oxygen atoms in total. The van der Waals surface area contributed by atoms with Crippen LogP contribution in [0.15, 0.2) is 35.4 Å². The van der Waals surface area contributed by atoms with Gasteiger partial charge in [0.1, 0.15) is 5.56 Å². The number of benzene rings is 1. The van der Waals surface area contributed by atoms with E-state index < -0.39 is 28.0 Å². The molecule has 2 aromatic rings. The number of aryl methyl sites for hydroxylation is 1. The zero-order valence-electron chi connectivity index (χ0n) is 13.9. The van der Waals surface area contributed by atoms with Crippen LogP contribution in [0, 0.1) is 6.92 Å². The van der Waals surface area contributed by atoms with E-state index in [2.05, 4.69) is 10.4 Å². The third kappa shape index (κ3) is 4.43. The summed E-state index contributed by atoms with van der Waals surface area (Å²) in [6, 6.07) is 5.45. The highest BCUT2D eigenvalue weighted by molar-refractivity contribution is 7.89. The van der Waals surface area contributed by atoms with Crippen molar-refractivity contribution in [2.24, 2.45) is 12.2 Å². The Balaban J connectivity index is 2.06. The molecule has 3 N–H and O–H groups in total. The minimum atomic E-state index is -3.88. The van der Waals surface area contributed by atoms with Crippen molar-refractivity contribution in [3.05, 3.63) is 41.7 Å². The zero-order chi connectivity index (χ0) is 18.8. The van der Waals surface area contributed by atoms with Gasteiger partial charge >= 0.3 is 5.97 Å². The Kier molecular flexibility index (Phi) is 5.24. The van der Waals surface area contributed by atoms with Gasteiger partial charge in [-0.25, -0.2) is 18.4 Å². The molecule has 134 valence electrons. The Bertz CT molecular complexity index is 920. The van der Waals surface area contributed by atoms with Gasteiger partial charge in [-0.2, -0.15) is 5.10 Å². The van der Waals surface area contributed by atoms with Gasteiger partial charge in [-0.1, -0.05) is 6.07 Å². The van der Waals surface area contributed by atoms with Crippen LogP contribution in [0.3, 0.4) is 0 Å². The van der Waals surface area contributed by atoms with Gasteiger partial charge in [0.15, 0.2) is 6.10 Å². The lowest BCUT2D eigenvalue weighted by molar-refractivity contribution is -0.123. The number of carbonyl (C=O) groups is 2. The number of hydrogen-bond donors (Lipinski definition) is 2. The molecular weight excluding hydrogens is 348 g/mol. The van der Waals surface area contributed by atoms with Crippen LogP contribution < -0.4 is 10.5 Å². The highest BCUT2D eigenvalue weighted by atomic mass is 32.2. The van der Waals surface area contributed by atoms with E-state index in [4.69, 9.17) is 9.88 Å². The number of sulfonamides is 1. The molecule has 0 bridgehead atoms. The number of esters is 1. The first kappa shape index (κ1) is 18.6. The van der Waals surface area contributed by atoms with Gasteiger partial charge in [0.05, 0.1) is 11.1 Å². The number of anilines is 1. The molecule has 0 spiro atoms. The monoisotopic (exact) mass is 366 g/mol. The lowest BCUT2D eigenvalue weighted by atomic mass is 10.2. The minimum Gasteiger partial charge on any atom is -0.449 e. The van der Waals surface area contributed by atoms with E-state index in [1.54, 1.807) is 14.0 Å². The predicted molar refractivity (Wildman–Crippen MR) is 89.3 cm³/mol. The number of primary sulfonamides is 1. The van der Waals surface area contributed by atoms with Crippen molar-refractivity contribution in [1.29, 1.82) is 0 Å². The normalized spacial score (nSPS) is 12.5. The third-order valence-corrected chi connectivity index (χ3v) is 4.45. The molecule has 0 aliphatic rings. The van der Waals surface area contributed by atoms with Gasteiger partial charge in [0, 0.05) is 18.4 Å². The summed E-state index contributed by atoms with van der Waals surface area (Å²) in [7, 11) is -2.20. The zero-order valence-corrected chi connectivity index (χ0v) is 14.7. The highest BCUT2D eigenvalue weighted by Crippen LogP contribution is 2.15. The molecule has 10 heteroatoms. The largest absolute Gasteiger partial charge is 0.449 e. The number of aromatic nitrogens is 2. The van der Waals surface area contributed by atoms with E-state index in [-0.39, 0.29) is 16.1 Å². The third-order valence-electron chi connectivity index (χ3n) is 3.54. The number of carbonyl (C=O) groups excluding carboxylic acids is 2. The number of hydrogen-bond acceptors (Lipinski definition) is 6. The molecule has 1 aromatic carbocycles. The van der Waals surface area contributed by atoms with Crippen LogP contribution in [0.1, 0.15) is 23.0 Å². The molecule has 25 heavy (non-hydrogen) atoms. The smallest absolute Gasteiger partial charge is 0.342 e. The molecule has 2 rings (SSSR count). The molecule has 1 heterocycles. The second-order valence-corrected chi connectivity index (χ2v) is 6.94. The quantitative estimate of drug-likeness (QED) is 0.743. The fraction of sp³-hybridized carbons (Fsp3) is 0.267. The summed E-state index contributed by atoms with van der Waals surface area (Å²) >= 11 is 0. The Labute approximate surface area is 144 Å². The van der Waals surface area contributed by atoms with E-state index in [0.717, 1.165) is 0 Å². The number of rotatable bonds is 5. The number of nitrogens with one attached hydrogen (secondary N) is 1. The molecule has 0 aliphatic carbocycles. The summed E-state index contributed by atoms with van der Waals surface area (Å²) in [5, 5.41) is 11.5. The van der Waals surface area contributed by atoms with Crippen molar-refractivity contribution in [2.75, 3.05) is 5.32 Å². The summed E-state index contributed by atoms with van der Waals surface area (Å²) in [4.78, 5) is 24.1. The molecule has 0 aliphatic heterocycles. The van der Waals surface area contributed by atoms with Gasteiger partial charge < -0.3 is 10.1 Å². The first-order valence-electron chi connectivity index (χ1n) is 7.23. The summed E-state index contributed by atoms with van der Waals surface area (Å²) in [6.07, 6.45) is 0.267. The van der Waals surface area contributed by atoms with E-state index in [9.17, 15) is 18.0 Å². The summed E-state index contributed by atoms with van der Waals surface area (Å²) in [5.41, 5.74) is 1.09. The van der Waals surface area contributed by atoms with Gasteiger partial charge in [0.25, 0.3) is 5.91 Å². The molecule has 1 amide bonds. The maximum Gasteiger partial charge on any atom is 0.342 e. The topological polar surface area (TPSA) is 133 Å². The molecule has 0 saturated heterocycles. The number of nitrogens with two attached hydrogens (primary N) is 1. The molecule has 0 fully saturated rings. The Morgan fingerprint density at radius 2 is 2.04 bits per heavy atom. The van der Waals surface area contributed by atoms with Crippen molar-refractivity contribution >= 4 is 27.6 Å². The molecule has 1 aromatic heterocycles. The fourth-order valence-electron chi connectivity index (χ4n) is 1.97. The van der Waals surface area contributed by atoms with Gasteiger partial charge in [-0.05, 0) is 32.0 Å². The van der Waals surface area contributed by atoms with Gasteiger partial charge in [-0.3, -0.25) is 9.48 Å². The van der Waals surface area contributed by atoms with Crippen molar-refractivity contribution < 1.29 is 22.7 Å². The van der Waals surface area contributed by atoms with Crippen LogP contribution in [-0.2, 0) is 26.6 Å². The highest BCUT2D eigenvalue weighted by Gasteiger charge is 2.22. The van der Waals surface area contributed by atoms with Crippen molar-refractivity contribution in [3.8, 4) is 0 Å². The minimum absolute atomic E-state index is 0.138. The fourth-order valence-corrected chi connectivity index (χ4v) is 2.53. The summed E-state index contributed by atoms with van der Waals surface area (Å²) < 4.78 is 29.3. The maximum absolute atomic E-state index is 12.1. The summed E-state index contributed by atoms with van der Waals surface area (Å²) in [6.45, 7) is 3.11. The number of ether oxygens (including phenoxy) is 1. The average molecular weight is 366 g/mol. The second-order valence-electron chi connectivity index (χ2n) is 5.38. The standard InChI is InChI=1S/C15H18N4O5S/c1-9-13(8-17-19(9)3)15(21)24-10(2)14(20)18-11-5-4-6-12(7-11)25(16,22)23/h4-8,10H,1-3H3,(H,18,20)(H2,16,22,23). The van der Waals surface area contributed by atoms with Crippen LogP contribution in [-0.4, -0.2) is 36.2 Å². The molecule has 1 atom stereocenters. The summed E-state index contributed by atoms with van der Waals surface area (Å²) in [5.74, 6) is -1.28. The van der Waals surface area contributed by atoms with E-state index >= 15 is 0 Å². The van der Waals surface area contributed by atoms with Gasteiger partial charge in [-0.15, -0.1) is 0 Å². The first-order valence-corrected chi connectivity index (χ1v) is 8.77. The number of nitrogens with zero attached hydrogens (tertiary/aromatic N) is 2. The van der Waals surface area contributed by atoms with Crippen LogP contribution >= 0.6 is 0 Å². The lowest BCUT2D eigenvalue weighted by Crippen LogP contribution is -2.30. The van der Waals surface area contributed by atoms with Crippen molar-refractivity contribution in [1.82, 2.24) is 9.78 Å². The maximum atomic E-state index is 12.1. The number of amides is 1. The molecular formula is C15H18N4O5S. The van der Waals surface area contributed by atoms with E-state index in [1.165, 1.54) is 42.1 Å². The van der Waals surface area contributed by atoms with Crippen molar-refractivity contribution in [3.63, 3.8) is 0 Å². The van der Waals surface area contributed by atoms with E-state index in [1.807, 2.05) is 0 Å². The molecule has 1 unspecified atom stereocenters. The van der Waals surface area contributed by atoms with Crippen LogP contribution in [0.2, 0.25) is 0 Å². The Hall–Kier alpha value is -2.72. The van der Waals surface area contributed by atoms with Crippen LogP contribution in [0.4, 0.5) is 5.69 Å². The Morgan fingerprint density at radius 1 is 1.36 bits per heavy atom. The SMILES string of the molecule is Cc1c(C(=O)OC(C)C(=O)Nc2cccc(S(N)(=O)=O)c2)cnn1C. The second kappa shape index (κ2) is 7.03. The average Bonchev–Trinajstić information content (AvgIpc) is 2.86. The van der Waals surface area contributed by atoms with Crippen LogP contribution in [0.5, 0.6) is 0 Å².